The lowest BCUT2D eigenvalue weighted by atomic mass is 10.1. The number of carbonyl (C=O) groups excluding carboxylic acids is 1. The molecule has 0 aliphatic carbocycles. The molecule has 144 valence electrons. The van der Waals surface area contributed by atoms with Crippen LogP contribution >= 0.6 is 11.6 Å². The molecule has 1 fully saturated rings. The number of nitrogens with two attached hydrogens (primary N) is 1. The maximum Gasteiger partial charge on any atom is 0.244 e. The maximum atomic E-state index is 13.4. The molecule has 0 bridgehead atoms. The Kier molecular flexibility index (Phi) is 6.04. The van der Waals surface area contributed by atoms with Crippen LogP contribution in [0.4, 0.5) is 5.69 Å². The van der Waals surface area contributed by atoms with Crippen molar-refractivity contribution < 1.29 is 13.2 Å². The van der Waals surface area contributed by atoms with Crippen molar-refractivity contribution in [1.82, 2.24) is 9.62 Å². The van der Waals surface area contributed by atoms with E-state index >= 15 is 0 Å². The minimum absolute atomic E-state index is 0.0636. The van der Waals surface area contributed by atoms with Crippen LogP contribution in [-0.2, 0) is 21.4 Å². The molecule has 0 saturated carbocycles. The highest BCUT2D eigenvalue weighted by Gasteiger charge is 2.36. The largest absolute Gasteiger partial charge is 0.399 e. The van der Waals surface area contributed by atoms with Gasteiger partial charge in [0.05, 0.1) is 4.90 Å². The minimum atomic E-state index is -3.90. The predicted molar refractivity (Wildman–Crippen MR) is 106 cm³/mol. The summed E-state index contributed by atoms with van der Waals surface area (Å²) < 4.78 is 28.0. The van der Waals surface area contributed by atoms with Crippen LogP contribution in [0, 0.1) is 0 Å². The summed E-state index contributed by atoms with van der Waals surface area (Å²) in [5, 5.41) is 3.26. The number of benzene rings is 2. The van der Waals surface area contributed by atoms with E-state index < -0.39 is 16.1 Å². The van der Waals surface area contributed by atoms with E-state index in [1.54, 1.807) is 24.3 Å². The molecule has 1 heterocycles. The van der Waals surface area contributed by atoms with Gasteiger partial charge < -0.3 is 11.1 Å². The fourth-order valence-corrected chi connectivity index (χ4v) is 4.91. The highest BCUT2D eigenvalue weighted by Crippen LogP contribution is 2.26. The summed E-state index contributed by atoms with van der Waals surface area (Å²) in [7, 11) is -3.90. The van der Waals surface area contributed by atoms with Gasteiger partial charge in [0.2, 0.25) is 15.9 Å². The average molecular weight is 408 g/mol. The Morgan fingerprint density at radius 1 is 1.15 bits per heavy atom. The van der Waals surface area contributed by atoms with Crippen LogP contribution in [-0.4, -0.2) is 31.2 Å². The van der Waals surface area contributed by atoms with E-state index in [1.807, 2.05) is 0 Å². The number of sulfonamides is 1. The van der Waals surface area contributed by atoms with E-state index in [4.69, 9.17) is 17.3 Å². The molecular formula is C19H22ClN3O3S. The standard InChI is InChI=1S/C19H22ClN3O3S/c20-15-7-9-17(10-8-15)27(25,26)23(13-14-4-3-5-16(21)12-14)18-6-1-2-11-22-19(18)24/h3-5,7-10,12,18H,1-2,6,11,13,21H2,(H,22,24)/t18-/m1/s1. The van der Waals surface area contributed by atoms with E-state index in [0.29, 0.717) is 23.7 Å². The third kappa shape index (κ3) is 4.61. The molecule has 1 aliphatic rings. The molecule has 3 rings (SSSR count). The van der Waals surface area contributed by atoms with Gasteiger partial charge in [0.25, 0.3) is 0 Å². The smallest absolute Gasteiger partial charge is 0.244 e. The molecule has 8 heteroatoms. The van der Waals surface area contributed by atoms with Crippen LogP contribution in [0.1, 0.15) is 24.8 Å². The number of nitrogens with zero attached hydrogens (tertiary/aromatic N) is 1. The van der Waals surface area contributed by atoms with Crippen molar-refractivity contribution in [3.63, 3.8) is 0 Å². The third-order valence-corrected chi connectivity index (χ3v) is 6.68. The van der Waals surface area contributed by atoms with E-state index in [0.717, 1.165) is 18.4 Å². The van der Waals surface area contributed by atoms with E-state index in [2.05, 4.69) is 5.32 Å². The van der Waals surface area contributed by atoms with Crippen molar-refractivity contribution in [2.24, 2.45) is 0 Å². The molecule has 3 N–H and O–H groups in total. The van der Waals surface area contributed by atoms with Gasteiger partial charge in [-0.2, -0.15) is 4.31 Å². The molecule has 0 spiro atoms. The summed E-state index contributed by atoms with van der Waals surface area (Å²) in [6.45, 7) is 0.622. The van der Waals surface area contributed by atoms with Crippen molar-refractivity contribution in [2.45, 2.75) is 36.7 Å². The van der Waals surface area contributed by atoms with E-state index in [-0.39, 0.29) is 17.3 Å². The Balaban J connectivity index is 2.02. The fourth-order valence-electron chi connectivity index (χ4n) is 3.17. The molecule has 1 atom stereocenters. The first-order valence-corrected chi connectivity index (χ1v) is 10.6. The Hall–Kier alpha value is -2.09. The molecule has 2 aromatic carbocycles. The normalized spacial score (nSPS) is 18.1. The van der Waals surface area contributed by atoms with Gasteiger partial charge in [-0.1, -0.05) is 23.7 Å². The van der Waals surface area contributed by atoms with Crippen molar-refractivity contribution in [3.8, 4) is 0 Å². The van der Waals surface area contributed by atoms with Gasteiger partial charge >= 0.3 is 0 Å². The number of carbonyl (C=O) groups is 1. The lowest BCUT2D eigenvalue weighted by molar-refractivity contribution is -0.124. The molecule has 0 aromatic heterocycles. The number of anilines is 1. The van der Waals surface area contributed by atoms with Crippen molar-refractivity contribution >= 4 is 33.2 Å². The molecule has 27 heavy (non-hydrogen) atoms. The summed E-state index contributed by atoms with van der Waals surface area (Å²) in [5.41, 5.74) is 7.11. The molecule has 6 nitrogen and oxygen atoms in total. The van der Waals surface area contributed by atoms with E-state index in [9.17, 15) is 13.2 Å². The molecule has 1 aliphatic heterocycles. The van der Waals surface area contributed by atoms with Gasteiger partial charge in [-0.15, -0.1) is 0 Å². The summed E-state index contributed by atoms with van der Waals surface area (Å²) in [6, 6.07) is 12.2. The number of nitrogens with one attached hydrogen (secondary N) is 1. The van der Waals surface area contributed by atoms with Gasteiger partial charge in [0.15, 0.2) is 0 Å². The SMILES string of the molecule is Nc1cccc(CN([C@@H]2CCCCNC2=O)S(=O)(=O)c2ccc(Cl)cc2)c1. The first-order valence-electron chi connectivity index (χ1n) is 8.77. The highest BCUT2D eigenvalue weighted by atomic mass is 35.5. The number of halogens is 1. The Morgan fingerprint density at radius 2 is 1.89 bits per heavy atom. The number of rotatable bonds is 5. The van der Waals surface area contributed by atoms with Crippen molar-refractivity contribution in [2.75, 3.05) is 12.3 Å². The lowest BCUT2D eigenvalue weighted by Crippen LogP contribution is -2.48. The summed E-state index contributed by atoms with van der Waals surface area (Å²) >= 11 is 5.90. The zero-order valence-corrected chi connectivity index (χ0v) is 16.3. The second kappa shape index (κ2) is 8.29. The molecule has 1 amide bonds. The van der Waals surface area contributed by atoms with Gasteiger partial charge in [0, 0.05) is 23.8 Å². The summed E-state index contributed by atoms with van der Waals surface area (Å²) in [5.74, 6) is -0.269. The quantitative estimate of drug-likeness (QED) is 0.745. The van der Waals surface area contributed by atoms with Crippen LogP contribution in [0.25, 0.3) is 0 Å². The molecule has 2 aromatic rings. The van der Waals surface area contributed by atoms with Crippen LogP contribution < -0.4 is 11.1 Å². The second-order valence-electron chi connectivity index (χ2n) is 6.55. The van der Waals surface area contributed by atoms with Crippen molar-refractivity contribution in [1.29, 1.82) is 0 Å². The van der Waals surface area contributed by atoms with Gasteiger partial charge in [-0.25, -0.2) is 8.42 Å². The van der Waals surface area contributed by atoms with Crippen LogP contribution in [0.3, 0.4) is 0 Å². The van der Waals surface area contributed by atoms with Gasteiger partial charge in [-0.3, -0.25) is 4.79 Å². The molecule has 0 radical (unpaired) electrons. The summed E-state index contributed by atoms with van der Waals surface area (Å²) in [6.07, 6.45) is 2.07. The Labute approximate surface area is 164 Å². The zero-order valence-electron chi connectivity index (χ0n) is 14.8. The second-order valence-corrected chi connectivity index (χ2v) is 8.88. The zero-order chi connectivity index (χ0) is 19.4. The van der Waals surface area contributed by atoms with Gasteiger partial charge in [0.1, 0.15) is 6.04 Å². The van der Waals surface area contributed by atoms with Gasteiger partial charge in [-0.05, 0) is 61.2 Å². The average Bonchev–Trinajstić information content (AvgIpc) is 2.84. The third-order valence-electron chi connectivity index (χ3n) is 4.56. The Bertz CT molecular complexity index is 916. The molecular weight excluding hydrogens is 386 g/mol. The monoisotopic (exact) mass is 407 g/mol. The summed E-state index contributed by atoms with van der Waals surface area (Å²) in [4.78, 5) is 12.7. The fraction of sp³-hybridized carbons (Fsp3) is 0.316. The van der Waals surface area contributed by atoms with Crippen LogP contribution in [0.2, 0.25) is 5.02 Å². The number of hydrogen-bond acceptors (Lipinski definition) is 4. The lowest BCUT2D eigenvalue weighted by Gasteiger charge is -2.29. The maximum absolute atomic E-state index is 13.4. The minimum Gasteiger partial charge on any atom is -0.399 e. The van der Waals surface area contributed by atoms with Crippen molar-refractivity contribution in [3.05, 3.63) is 59.1 Å². The number of nitrogen functional groups attached to an aromatic ring is 1. The highest BCUT2D eigenvalue weighted by molar-refractivity contribution is 7.89. The van der Waals surface area contributed by atoms with Crippen LogP contribution in [0.5, 0.6) is 0 Å². The Morgan fingerprint density at radius 3 is 2.59 bits per heavy atom. The first-order chi connectivity index (χ1) is 12.9. The molecule has 0 unspecified atom stereocenters. The molecule has 1 saturated heterocycles. The first kappa shape index (κ1) is 19.7. The topological polar surface area (TPSA) is 92.5 Å². The predicted octanol–water partition coefficient (Wildman–Crippen LogP) is 2.78. The van der Waals surface area contributed by atoms with Crippen LogP contribution in [0.15, 0.2) is 53.4 Å². The van der Waals surface area contributed by atoms with E-state index in [1.165, 1.54) is 28.6 Å². The number of hydrogen-bond donors (Lipinski definition) is 2. The number of amides is 1.